The second kappa shape index (κ2) is 6.59. The van der Waals surface area contributed by atoms with E-state index in [0.717, 1.165) is 32.4 Å². The average molecular weight is 351 g/mol. The molecule has 3 aliphatic rings. The Bertz CT molecular complexity index is 573. The number of rotatable bonds is 4. The number of amides is 3. The third-order valence-corrected chi connectivity index (χ3v) is 6.15. The molecule has 1 spiro atoms. The van der Waals surface area contributed by atoms with Gasteiger partial charge < -0.3 is 19.8 Å². The minimum Gasteiger partial charge on any atom is -0.393 e. The standard InChI is InChI=1S/C18H29N3O4/c1-12-6-7-18(21(12)16(24)13(2)14(3)22)11-20(17(18)25)10-15(23)19-8-4-5-9-19/h12-14,22H,4-11H2,1-3H3/t12?,13-,14+,18?/m0/s1. The highest BCUT2D eigenvalue weighted by atomic mass is 16.3. The monoisotopic (exact) mass is 351 g/mol. The maximum Gasteiger partial charge on any atom is 0.250 e. The number of carbonyl (C=O) groups excluding carboxylic acids is 3. The van der Waals surface area contributed by atoms with E-state index in [1.807, 2.05) is 11.8 Å². The van der Waals surface area contributed by atoms with Crippen molar-refractivity contribution in [2.45, 2.75) is 64.1 Å². The molecule has 4 atom stereocenters. The van der Waals surface area contributed by atoms with Gasteiger partial charge in [0.1, 0.15) is 5.54 Å². The molecule has 1 N–H and O–H groups in total. The van der Waals surface area contributed by atoms with Crippen molar-refractivity contribution in [3.8, 4) is 0 Å². The summed E-state index contributed by atoms with van der Waals surface area (Å²) in [4.78, 5) is 43.1. The molecule has 3 amide bonds. The second-order valence-electron chi connectivity index (χ2n) is 7.91. The van der Waals surface area contributed by atoms with Gasteiger partial charge in [-0.3, -0.25) is 14.4 Å². The second-order valence-corrected chi connectivity index (χ2v) is 7.91. The third kappa shape index (κ3) is 2.92. The van der Waals surface area contributed by atoms with Crippen LogP contribution in [-0.2, 0) is 14.4 Å². The molecule has 0 aliphatic carbocycles. The van der Waals surface area contributed by atoms with E-state index in [-0.39, 0.29) is 30.3 Å². The van der Waals surface area contributed by atoms with E-state index in [1.165, 1.54) is 0 Å². The number of nitrogens with zero attached hydrogens (tertiary/aromatic N) is 3. The summed E-state index contributed by atoms with van der Waals surface area (Å²) in [6.45, 7) is 7.34. The largest absolute Gasteiger partial charge is 0.393 e. The molecule has 3 aliphatic heterocycles. The molecule has 7 heteroatoms. The molecule has 7 nitrogen and oxygen atoms in total. The van der Waals surface area contributed by atoms with Crippen molar-refractivity contribution in [1.29, 1.82) is 0 Å². The Hall–Kier alpha value is -1.63. The molecule has 2 unspecified atom stereocenters. The molecule has 3 fully saturated rings. The maximum absolute atomic E-state index is 12.9. The van der Waals surface area contributed by atoms with Crippen LogP contribution < -0.4 is 0 Å². The van der Waals surface area contributed by atoms with Crippen LogP contribution >= 0.6 is 0 Å². The molecule has 25 heavy (non-hydrogen) atoms. The summed E-state index contributed by atoms with van der Waals surface area (Å²) in [6.07, 6.45) is 2.72. The number of hydrogen-bond acceptors (Lipinski definition) is 4. The van der Waals surface area contributed by atoms with Gasteiger partial charge in [0.15, 0.2) is 0 Å². The van der Waals surface area contributed by atoms with E-state index in [1.54, 1.807) is 23.6 Å². The Morgan fingerprint density at radius 3 is 2.48 bits per heavy atom. The molecule has 0 aromatic heterocycles. The molecule has 3 saturated heterocycles. The summed E-state index contributed by atoms with van der Waals surface area (Å²) in [5, 5.41) is 9.76. The fourth-order valence-electron chi connectivity index (χ4n) is 4.35. The van der Waals surface area contributed by atoms with Crippen LogP contribution in [0.1, 0.15) is 46.5 Å². The molecule has 0 aromatic carbocycles. The van der Waals surface area contributed by atoms with E-state index in [4.69, 9.17) is 0 Å². The van der Waals surface area contributed by atoms with Crippen molar-refractivity contribution in [2.24, 2.45) is 5.92 Å². The molecule has 3 heterocycles. The van der Waals surface area contributed by atoms with Gasteiger partial charge >= 0.3 is 0 Å². The summed E-state index contributed by atoms with van der Waals surface area (Å²) in [5.41, 5.74) is -0.801. The average Bonchev–Trinajstić information content (AvgIpc) is 3.22. The quantitative estimate of drug-likeness (QED) is 0.735. The minimum atomic E-state index is -0.801. The number of hydrogen-bond donors (Lipinski definition) is 1. The van der Waals surface area contributed by atoms with Gasteiger partial charge in [-0.15, -0.1) is 0 Å². The number of likely N-dealkylation sites (tertiary alicyclic amines) is 3. The topological polar surface area (TPSA) is 81.2 Å². The van der Waals surface area contributed by atoms with Crippen molar-refractivity contribution in [3.63, 3.8) is 0 Å². The highest BCUT2D eigenvalue weighted by Crippen LogP contribution is 2.43. The van der Waals surface area contributed by atoms with Gasteiger partial charge in [-0.05, 0) is 39.5 Å². The zero-order valence-electron chi connectivity index (χ0n) is 15.4. The molecular formula is C18H29N3O4. The lowest BCUT2D eigenvalue weighted by Crippen LogP contribution is -2.74. The molecule has 0 saturated carbocycles. The fraction of sp³-hybridized carbons (Fsp3) is 0.833. The number of aliphatic hydroxyl groups excluding tert-OH is 1. The molecule has 140 valence electrons. The van der Waals surface area contributed by atoms with Crippen molar-refractivity contribution in [2.75, 3.05) is 26.2 Å². The predicted octanol–water partition coefficient (Wildman–Crippen LogP) is 0.218. The van der Waals surface area contributed by atoms with Crippen LogP contribution in [0.15, 0.2) is 0 Å². The van der Waals surface area contributed by atoms with Crippen LogP contribution in [0.5, 0.6) is 0 Å². The zero-order valence-corrected chi connectivity index (χ0v) is 15.4. The van der Waals surface area contributed by atoms with Crippen LogP contribution in [0, 0.1) is 5.92 Å². The summed E-state index contributed by atoms with van der Waals surface area (Å²) in [7, 11) is 0. The van der Waals surface area contributed by atoms with Gasteiger partial charge in [-0.2, -0.15) is 0 Å². The Morgan fingerprint density at radius 2 is 1.92 bits per heavy atom. The summed E-state index contributed by atoms with van der Waals surface area (Å²) in [5.74, 6) is -0.818. The number of carbonyl (C=O) groups is 3. The lowest BCUT2D eigenvalue weighted by Gasteiger charge is -2.52. The summed E-state index contributed by atoms with van der Waals surface area (Å²) in [6, 6.07) is -0.0194. The van der Waals surface area contributed by atoms with Gasteiger partial charge in [0.05, 0.1) is 25.1 Å². The smallest absolute Gasteiger partial charge is 0.250 e. The zero-order chi connectivity index (χ0) is 18.4. The third-order valence-electron chi connectivity index (χ3n) is 6.15. The first kappa shape index (κ1) is 18.2. The Morgan fingerprint density at radius 1 is 1.28 bits per heavy atom. The van der Waals surface area contributed by atoms with E-state index >= 15 is 0 Å². The molecule has 3 rings (SSSR count). The van der Waals surface area contributed by atoms with E-state index in [9.17, 15) is 19.5 Å². The van der Waals surface area contributed by atoms with E-state index < -0.39 is 17.6 Å². The van der Waals surface area contributed by atoms with E-state index in [2.05, 4.69) is 0 Å². The maximum atomic E-state index is 12.9. The predicted molar refractivity (Wildman–Crippen MR) is 91.5 cm³/mol. The first-order valence-corrected chi connectivity index (χ1v) is 9.36. The van der Waals surface area contributed by atoms with Gasteiger partial charge in [0.2, 0.25) is 11.8 Å². The fourth-order valence-corrected chi connectivity index (χ4v) is 4.35. The first-order chi connectivity index (χ1) is 11.8. The van der Waals surface area contributed by atoms with Crippen molar-refractivity contribution >= 4 is 17.7 Å². The van der Waals surface area contributed by atoms with Crippen molar-refractivity contribution < 1.29 is 19.5 Å². The molecule has 0 bridgehead atoms. The number of β-lactam (4-membered cyclic amide) rings is 1. The highest BCUT2D eigenvalue weighted by Gasteiger charge is 2.62. The van der Waals surface area contributed by atoms with Crippen LogP contribution in [0.4, 0.5) is 0 Å². The molecule has 0 aromatic rings. The van der Waals surface area contributed by atoms with Crippen LogP contribution in [0.2, 0.25) is 0 Å². The highest BCUT2D eigenvalue weighted by molar-refractivity contribution is 5.99. The number of aliphatic hydroxyl groups is 1. The van der Waals surface area contributed by atoms with Crippen molar-refractivity contribution in [3.05, 3.63) is 0 Å². The first-order valence-electron chi connectivity index (χ1n) is 9.36. The van der Waals surface area contributed by atoms with Gasteiger partial charge in [-0.25, -0.2) is 0 Å². The SMILES string of the molecule is CC1CCC2(CN(CC(=O)N3CCCC3)C2=O)N1C(=O)[C@@H](C)[C@@H](C)O. The lowest BCUT2D eigenvalue weighted by atomic mass is 9.84. The van der Waals surface area contributed by atoms with Gasteiger partial charge in [0, 0.05) is 19.1 Å². The normalized spacial score (nSPS) is 31.4. The van der Waals surface area contributed by atoms with E-state index in [0.29, 0.717) is 13.0 Å². The molecule has 0 radical (unpaired) electrons. The van der Waals surface area contributed by atoms with Crippen LogP contribution in [0.3, 0.4) is 0 Å². The van der Waals surface area contributed by atoms with Gasteiger partial charge in [-0.1, -0.05) is 6.92 Å². The summed E-state index contributed by atoms with van der Waals surface area (Å²) >= 11 is 0. The van der Waals surface area contributed by atoms with Crippen molar-refractivity contribution in [1.82, 2.24) is 14.7 Å². The minimum absolute atomic E-state index is 0.00182. The van der Waals surface area contributed by atoms with Crippen LogP contribution in [-0.4, -0.2) is 81.4 Å². The Balaban J connectivity index is 1.68. The lowest BCUT2D eigenvalue weighted by molar-refractivity contribution is -0.173. The Kier molecular flexibility index (Phi) is 4.79. The summed E-state index contributed by atoms with van der Waals surface area (Å²) < 4.78 is 0. The Labute approximate surface area is 148 Å². The van der Waals surface area contributed by atoms with Crippen LogP contribution in [0.25, 0.3) is 0 Å². The van der Waals surface area contributed by atoms with Gasteiger partial charge in [0.25, 0.3) is 5.91 Å². The molecular weight excluding hydrogens is 322 g/mol.